The molecule has 0 unspecified atom stereocenters. The van der Waals surface area contributed by atoms with Crippen LogP contribution in [0, 0.1) is 0 Å². The molecular weight excluding hydrogens is 909 g/mol. The summed E-state index contributed by atoms with van der Waals surface area (Å²) in [5.74, 6) is -4.99. The van der Waals surface area contributed by atoms with Gasteiger partial charge in [-0.2, -0.15) is 0 Å². The van der Waals surface area contributed by atoms with E-state index in [2.05, 4.69) is 67.5 Å². The molecule has 0 aliphatic carbocycles. The fourth-order valence-corrected chi connectivity index (χ4v) is 7.24. The van der Waals surface area contributed by atoms with Gasteiger partial charge in [-0.05, 0) is 48.5 Å². The third kappa shape index (κ3) is 12.2. The Bertz CT molecular complexity index is 2960. The topological polar surface area (TPSA) is 310 Å². The van der Waals surface area contributed by atoms with Gasteiger partial charge in [-0.25, -0.2) is 29.9 Å². The van der Waals surface area contributed by atoms with Crippen molar-refractivity contribution in [3.8, 4) is 21.8 Å². The molecule has 0 atom stereocenters. The molecule has 0 bridgehead atoms. The van der Waals surface area contributed by atoms with E-state index in [4.69, 9.17) is 4.98 Å². The number of carbonyl (C=O) groups excluding carboxylic acids is 8. The second-order valence-electron chi connectivity index (χ2n) is 14.6. The molecule has 0 aliphatic rings. The van der Waals surface area contributed by atoms with E-state index < -0.39 is 69.8 Å². The van der Waals surface area contributed by atoms with Crippen molar-refractivity contribution < 1.29 is 38.4 Å². The molecule has 0 aliphatic heterocycles. The van der Waals surface area contributed by atoms with Crippen LogP contribution in [0.5, 0.6) is 0 Å². The average Bonchev–Trinajstić information content (AvgIpc) is 3.81. The first kappa shape index (κ1) is 47.3. The summed E-state index contributed by atoms with van der Waals surface area (Å²) in [5, 5.41) is 22.4. The lowest BCUT2D eigenvalue weighted by Gasteiger charge is -2.20. The number of thiazole rings is 1. The monoisotopic (exact) mass is 946 g/mol. The smallest absolute Gasteiger partial charge is 0.275 e. The van der Waals surface area contributed by atoms with Crippen LogP contribution in [-0.2, 0) is 19.2 Å². The minimum atomic E-state index is -1.05. The van der Waals surface area contributed by atoms with Crippen LogP contribution in [0.2, 0.25) is 0 Å². The maximum Gasteiger partial charge on any atom is 0.275 e. The highest BCUT2D eigenvalue weighted by atomic mass is 32.1. The Morgan fingerprint density at radius 3 is 1.07 bits per heavy atom. The van der Waals surface area contributed by atoms with E-state index >= 15 is 0 Å². The molecule has 0 fully saturated rings. The number of benzene rings is 1. The Hall–Kier alpha value is -9.64. The van der Waals surface area contributed by atoms with E-state index in [0.29, 0.717) is 11.3 Å². The number of rotatable bonds is 14. The van der Waals surface area contributed by atoms with Gasteiger partial charge in [0.2, 0.25) is 23.6 Å². The molecule has 6 heterocycles. The van der Waals surface area contributed by atoms with Crippen LogP contribution in [0.25, 0.3) is 21.8 Å². The Morgan fingerprint density at radius 2 is 0.754 bits per heavy atom. The van der Waals surface area contributed by atoms with Crippen LogP contribution in [0.15, 0.2) is 109 Å². The Morgan fingerprint density at radius 1 is 0.406 bits per heavy atom. The van der Waals surface area contributed by atoms with Crippen molar-refractivity contribution in [2.45, 2.75) is 27.7 Å². The summed E-state index contributed by atoms with van der Waals surface area (Å²) in [5.41, 5.74) is -1.25. The molecule has 6 aromatic heterocycles. The minimum absolute atomic E-state index is 0.00410. The van der Waals surface area contributed by atoms with E-state index in [9.17, 15) is 38.4 Å². The van der Waals surface area contributed by atoms with Crippen molar-refractivity contribution in [2.24, 2.45) is 0 Å². The number of nitrogens with one attached hydrogen (secondary N) is 8. The van der Waals surface area contributed by atoms with Crippen LogP contribution < -0.4 is 42.5 Å². The standard InChI is InChI=1S/C46H38N14O8S/c1-23(61)51-33-14-10-28(18-47-33)55-42(65)38-37(46-59-32(22-69-46)27-8-6-5-7-9-27)39(43(66)56-29-11-15-34(48-19-29)52-24(2)62)41(45(68)58-31-13-17-36(50-21-31)54-26(4)64)60-40(38)44(67)57-30-12-16-35(49-20-30)53-25(3)63/h5-22H,1-4H3,(H,55,65)(H,56,66)(H,57,67)(H,58,68)(H,47,51,61)(H,48,52,62)(H,49,53,63)(H,50,54,64). The molecule has 7 rings (SSSR count). The fraction of sp³-hybridized carbons (Fsp3) is 0.0870. The van der Waals surface area contributed by atoms with E-state index in [1.54, 1.807) is 35.7 Å². The lowest BCUT2D eigenvalue weighted by molar-refractivity contribution is -0.115. The Balaban J connectivity index is 1.46. The molecule has 0 radical (unpaired) electrons. The lowest BCUT2D eigenvalue weighted by atomic mass is 9.95. The Labute approximate surface area is 395 Å². The summed E-state index contributed by atoms with van der Waals surface area (Å²) in [6.45, 7) is 5.18. The van der Waals surface area contributed by atoms with Gasteiger partial charge in [-0.15, -0.1) is 11.3 Å². The zero-order valence-corrected chi connectivity index (χ0v) is 37.6. The number of carbonyl (C=O) groups is 8. The van der Waals surface area contributed by atoms with Gasteiger partial charge < -0.3 is 42.5 Å². The second kappa shape index (κ2) is 21.1. The number of hydrogen-bond acceptors (Lipinski definition) is 15. The highest BCUT2D eigenvalue weighted by Gasteiger charge is 2.36. The van der Waals surface area contributed by atoms with Gasteiger partial charge in [-0.3, -0.25) is 38.4 Å². The summed E-state index contributed by atoms with van der Waals surface area (Å²) in [7, 11) is 0. The van der Waals surface area contributed by atoms with Crippen molar-refractivity contribution >= 4 is 105 Å². The van der Waals surface area contributed by atoms with Gasteiger partial charge in [0.25, 0.3) is 23.6 Å². The molecule has 8 amide bonds. The van der Waals surface area contributed by atoms with Crippen LogP contribution in [0.1, 0.15) is 69.4 Å². The van der Waals surface area contributed by atoms with Crippen molar-refractivity contribution in [3.63, 3.8) is 0 Å². The van der Waals surface area contributed by atoms with E-state index in [1.165, 1.54) is 101 Å². The largest absolute Gasteiger partial charge is 0.320 e. The van der Waals surface area contributed by atoms with Crippen LogP contribution in [0.4, 0.5) is 46.0 Å². The summed E-state index contributed by atoms with van der Waals surface area (Å²) < 4.78 is 0. The highest BCUT2D eigenvalue weighted by molar-refractivity contribution is 7.13. The summed E-state index contributed by atoms with van der Waals surface area (Å²) in [6.07, 6.45) is 4.95. The first-order chi connectivity index (χ1) is 33.1. The summed E-state index contributed by atoms with van der Waals surface area (Å²) >= 11 is 0.994. The third-order valence-electron chi connectivity index (χ3n) is 9.17. The van der Waals surface area contributed by atoms with Crippen molar-refractivity contribution in [1.29, 1.82) is 0 Å². The van der Waals surface area contributed by atoms with Crippen LogP contribution in [-0.4, -0.2) is 77.2 Å². The van der Waals surface area contributed by atoms with Crippen LogP contribution >= 0.6 is 11.3 Å². The van der Waals surface area contributed by atoms with Crippen molar-refractivity contribution in [1.82, 2.24) is 29.9 Å². The third-order valence-corrected chi connectivity index (χ3v) is 10.0. The predicted octanol–water partition coefficient (Wildman–Crippen LogP) is 6.29. The SMILES string of the molecule is CC(=O)Nc1ccc(NC(=O)c2nc(C(=O)Nc3ccc(NC(C)=O)nc3)c(C(=O)Nc3ccc(NC(C)=O)nc3)c(-c3nc(-c4ccccc4)cs3)c2C(=O)Nc2ccc(NC(C)=O)nc2)cn1. The van der Waals surface area contributed by atoms with Gasteiger partial charge in [0.15, 0.2) is 0 Å². The van der Waals surface area contributed by atoms with Crippen LogP contribution in [0.3, 0.4) is 0 Å². The molecule has 8 N–H and O–H groups in total. The molecule has 0 spiro atoms. The molecule has 0 saturated carbocycles. The number of anilines is 8. The number of amides is 8. The quantitative estimate of drug-likeness (QED) is 0.0594. The summed E-state index contributed by atoms with van der Waals surface area (Å²) in [6, 6.07) is 20.3. The summed E-state index contributed by atoms with van der Waals surface area (Å²) in [4.78, 5) is 132. The number of nitrogens with zero attached hydrogens (tertiary/aromatic N) is 6. The number of pyridine rings is 5. The highest BCUT2D eigenvalue weighted by Crippen LogP contribution is 2.38. The van der Waals surface area contributed by atoms with Gasteiger partial charge in [0.1, 0.15) is 39.7 Å². The predicted molar refractivity (Wildman–Crippen MR) is 257 cm³/mol. The van der Waals surface area contributed by atoms with Crippen molar-refractivity contribution in [2.75, 3.05) is 42.5 Å². The first-order valence-corrected chi connectivity index (χ1v) is 21.3. The first-order valence-electron chi connectivity index (χ1n) is 20.4. The molecular formula is C46H38N14O8S. The lowest BCUT2D eigenvalue weighted by Crippen LogP contribution is -2.30. The zero-order valence-electron chi connectivity index (χ0n) is 36.7. The molecule has 7 aromatic rings. The van der Waals surface area contributed by atoms with Gasteiger partial charge >= 0.3 is 0 Å². The minimum Gasteiger partial charge on any atom is -0.320 e. The van der Waals surface area contributed by atoms with E-state index in [1.807, 2.05) is 0 Å². The molecule has 1 aromatic carbocycles. The van der Waals surface area contributed by atoms with Gasteiger partial charge in [0, 0.05) is 44.2 Å². The zero-order chi connectivity index (χ0) is 49.2. The fourth-order valence-electron chi connectivity index (χ4n) is 6.36. The molecule has 23 heteroatoms. The second-order valence-corrected chi connectivity index (χ2v) is 15.5. The Kier molecular flexibility index (Phi) is 14.5. The maximum absolute atomic E-state index is 15.0. The number of aromatic nitrogens is 6. The van der Waals surface area contributed by atoms with Crippen molar-refractivity contribution in [3.05, 3.63) is 132 Å². The molecule has 69 heavy (non-hydrogen) atoms. The molecule has 0 saturated heterocycles. The van der Waals surface area contributed by atoms with Gasteiger partial charge in [-0.1, -0.05) is 30.3 Å². The van der Waals surface area contributed by atoms with Gasteiger partial charge in [0.05, 0.1) is 64.4 Å². The molecule has 346 valence electrons. The number of hydrogen-bond donors (Lipinski definition) is 8. The van der Waals surface area contributed by atoms with E-state index in [0.717, 1.165) is 11.3 Å². The normalized spacial score (nSPS) is 10.5. The maximum atomic E-state index is 15.0. The van der Waals surface area contributed by atoms with E-state index in [-0.39, 0.29) is 56.6 Å². The molecule has 22 nitrogen and oxygen atoms in total. The average molecular weight is 947 g/mol.